The summed E-state index contributed by atoms with van der Waals surface area (Å²) >= 11 is 0. The summed E-state index contributed by atoms with van der Waals surface area (Å²) in [6.07, 6.45) is 19.1. The zero-order valence-corrected chi connectivity index (χ0v) is 43.1. The lowest BCUT2D eigenvalue weighted by Crippen LogP contribution is -2.48. The van der Waals surface area contributed by atoms with E-state index in [1.54, 1.807) is 5.56 Å². The van der Waals surface area contributed by atoms with Gasteiger partial charge in [-0.15, -0.1) is 0 Å². The van der Waals surface area contributed by atoms with Crippen molar-refractivity contribution in [3.63, 3.8) is 0 Å². The molecule has 0 heterocycles. The van der Waals surface area contributed by atoms with Crippen molar-refractivity contribution in [3.8, 4) is 22.3 Å². The van der Waals surface area contributed by atoms with Crippen LogP contribution in [0.1, 0.15) is 135 Å². The Morgan fingerprint density at radius 3 is 1.59 bits per heavy atom. The van der Waals surface area contributed by atoms with Gasteiger partial charge >= 0.3 is 0 Å². The van der Waals surface area contributed by atoms with E-state index >= 15 is 0 Å². The number of para-hydroxylation sites is 1. The predicted molar refractivity (Wildman–Crippen MR) is 306 cm³/mol. The van der Waals surface area contributed by atoms with Gasteiger partial charge in [-0.3, -0.25) is 0 Å². The molecular weight excluding hydrogens is 881 g/mol. The van der Waals surface area contributed by atoms with Crippen molar-refractivity contribution in [3.05, 3.63) is 226 Å². The molecule has 2 nitrogen and oxygen atoms in total. The quantitative estimate of drug-likeness (QED) is 0.142. The number of benzene rings is 8. The molecule has 8 aromatic carbocycles. The Kier molecular flexibility index (Phi) is 11.1. The van der Waals surface area contributed by atoms with Crippen molar-refractivity contribution in [1.82, 2.24) is 0 Å². The molecule has 0 atom stereocenters. The second-order valence-corrected chi connectivity index (χ2v) is 24.1. The molecule has 0 amide bonds. The molecule has 2 heteroatoms. The number of fused-ring (bicyclic) bond motifs is 3. The van der Waals surface area contributed by atoms with Crippen molar-refractivity contribution in [2.45, 2.75) is 127 Å². The Morgan fingerprint density at radius 2 is 0.973 bits per heavy atom. The van der Waals surface area contributed by atoms with Crippen LogP contribution in [-0.2, 0) is 36.5 Å². The first-order valence-corrected chi connectivity index (χ1v) is 28.3. The molecule has 0 aliphatic heterocycles. The van der Waals surface area contributed by atoms with E-state index in [9.17, 15) is 0 Å². The maximum Gasteiger partial charge on any atom is 0.0496 e. The fourth-order valence-electron chi connectivity index (χ4n) is 15.9. The van der Waals surface area contributed by atoms with Crippen LogP contribution in [0.3, 0.4) is 0 Å². The maximum atomic E-state index is 2.62. The molecule has 10 aliphatic carbocycles. The Morgan fingerprint density at radius 1 is 0.425 bits per heavy atom. The SMILES string of the molecule is CC1(C)c2cc(N(c3ccc(C4CCCCC4)cc3)c3cc4ccc3CCc3ccc(c(N(c5ccccc5)c5ccc(C67CC8CC(CC(C8)C6)C7)cc5)c3)CC4)ccc2-c2c(-c3ccccc3)cccc21. The summed E-state index contributed by atoms with van der Waals surface area (Å²) in [4.78, 5) is 5.18. The van der Waals surface area contributed by atoms with Crippen molar-refractivity contribution in [2.75, 3.05) is 9.80 Å². The molecule has 8 bridgehead atoms. The Hall–Kier alpha value is -6.64. The van der Waals surface area contributed by atoms with Gasteiger partial charge in [0.1, 0.15) is 0 Å². The van der Waals surface area contributed by atoms with Crippen molar-refractivity contribution >= 4 is 34.1 Å². The number of anilines is 6. The highest BCUT2D eigenvalue weighted by molar-refractivity contribution is 5.94. The Bertz CT molecular complexity index is 3280. The van der Waals surface area contributed by atoms with Gasteiger partial charge in [-0.05, 0) is 234 Å². The van der Waals surface area contributed by atoms with E-state index < -0.39 is 0 Å². The van der Waals surface area contributed by atoms with Crippen LogP contribution in [0.15, 0.2) is 182 Å². The van der Waals surface area contributed by atoms with Gasteiger partial charge < -0.3 is 9.80 Å². The van der Waals surface area contributed by atoms with Crippen LogP contribution in [0, 0.1) is 17.8 Å². The van der Waals surface area contributed by atoms with Gasteiger partial charge in [0.15, 0.2) is 0 Å². The van der Waals surface area contributed by atoms with E-state index in [2.05, 4.69) is 206 Å². The second-order valence-electron chi connectivity index (χ2n) is 24.1. The highest BCUT2D eigenvalue weighted by Gasteiger charge is 2.51. The van der Waals surface area contributed by atoms with Crippen LogP contribution in [0.25, 0.3) is 22.3 Å². The molecule has 5 fully saturated rings. The highest BCUT2D eigenvalue weighted by Crippen LogP contribution is 2.61. The van der Waals surface area contributed by atoms with Gasteiger partial charge in [-0.2, -0.15) is 0 Å². The van der Waals surface area contributed by atoms with Gasteiger partial charge in [0.25, 0.3) is 0 Å². The number of rotatable bonds is 9. The number of hydrogen-bond acceptors (Lipinski definition) is 2. The van der Waals surface area contributed by atoms with Gasteiger partial charge in [0.05, 0.1) is 0 Å². The van der Waals surface area contributed by atoms with E-state index in [0.29, 0.717) is 11.3 Å². The Labute approximate surface area is 435 Å². The molecule has 0 radical (unpaired) electrons. The van der Waals surface area contributed by atoms with Gasteiger partial charge in [-0.1, -0.05) is 154 Å². The van der Waals surface area contributed by atoms with E-state index in [4.69, 9.17) is 0 Å². The molecule has 0 unspecified atom stereocenters. The molecular formula is C71H70N2. The summed E-state index contributed by atoms with van der Waals surface area (Å²) in [5, 5.41) is 0. The summed E-state index contributed by atoms with van der Waals surface area (Å²) in [6.45, 7) is 4.86. The molecule has 0 saturated heterocycles. The van der Waals surface area contributed by atoms with Gasteiger partial charge in [0.2, 0.25) is 0 Å². The molecule has 10 aliphatic rings. The first-order valence-electron chi connectivity index (χ1n) is 28.3. The zero-order chi connectivity index (χ0) is 48.7. The summed E-state index contributed by atoms with van der Waals surface area (Å²) in [7, 11) is 0. The molecule has 5 saturated carbocycles. The van der Waals surface area contributed by atoms with Crippen LogP contribution in [0.2, 0.25) is 0 Å². The first kappa shape index (κ1) is 45.0. The minimum atomic E-state index is -0.156. The lowest BCUT2D eigenvalue weighted by Gasteiger charge is -2.57. The van der Waals surface area contributed by atoms with Gasteiger partial charge in [-0.25, -0.2) is 0 Å². The summed E-state index contributed by atoms with van der Waals surface area (Å²) in [5.74, 6) is 3.49. The van der Waals surface area contributed by atoms with Crippen LogP contribution >= 0.6 is 0 Å². The molecule has 0 aromatic heterocycles. The molecule has 8 aromatic rings. The fourth-order valence-corrected chi connectivity index (χ4v) is 15.9. The van der Waals surface area contributed by atoms with E-state index in [1.807, 2.05) is 0 Å². The average molecular weight is 951 g/mol. The third-order valence-corrected chi connectivity index (χ3v) is 19.2. The number of nitrogens with zero attached hydrogens (tertiary/aromatic N) is 2. The molecule has 18 rings (SSSR count). The largest absolute Gasteiger partial charge is 0.310 e. The van der Waals surface area contributed by atoms with Crippen molar-refractivity contribution in [2.24, 2.45) is 17.8 Å². The molecule has 364 valence electrons. The lowest BCUT2D eigenvalue weighted by molar-refractivity contribution is -0.00518. The fraction of sp³-hybridized carbons (Fsp3) is 0.324. The average Bonchev–Trinajstić information content (AvgIpc) is 3.65. The third kappa shape index (κ3) is 7.98. The van der Waals surface area contributed by atoms with Crippen LogP contribution < -0.4 is 9.80 Å². The maximum absolute atomic E-state index is 2.62. The van der Waals surface area contributed by atoms with Gasteiger partial charge in [0, 0.05) is 39.5 Å². The van der Waals surface area contributed by atoms with Crippen molar-refractivity contribution in [1.29, 1.82) is 0 Å². The first-order chi connectivity index (χ1) is 35.8. The summed E-state index contributed by atoms with van der Waals surface area (Å²) < 4.78 is 0. The summed E-state index contributed by atoms with van der Waals surface area (Å²) in [5.41, 5.74) is 24.6. The minimum Gasteiger partial charge on any atom is -0.310 e. The van der Waals surface area contributed by atoms with Crippen LogP contribution in [-0.4, -0.2) is 0 Å². The topological polar surface area (TPSA) is 6.48 Å². The smallest absolute Gasteiger partial charge is 0.0496 e. The van der Waals surface area contributed by atoms with Crippen LogP contribution in [0.4, 0.5) is 34.1 Å². The lowest BCUT2D eigenvalue weighted by atomic mass is 9.48. The summed E-state index contributed by atoms with van der Waals surface area (Å²) in [6, 6.07) is 71.1. The Balaban J connectivity index is 0.837. The molecule has 0 N–H and O–H groups in total. The predicted octanol–water partition coefficient (Wildman–Crippen LogP) is 19.0. The van der Waals surface area contributed by atoms with E-state index in [1.165, 1.54) is 166 Å². The molecule has 73 heavy (non-hydrogen) atoms. The molecule has 0 spiro atoms. The highest BCUT2D eigenvalue weighted by atomic mass is 15.2. The van der Waals surface area contributed by atoms with E-state index in [-0.39, 0.29) is 5.41 Å². The number of aryl methyl sites for hydroxylation is 4. The van der Waals surface area contributed by atoms with Crippen molar-refractivity contribution < 1.29 is 0 Å². The monoisotopic (exact) mass is 951 g/mol. The number of hydrogen-bond donors (Lipinski definition) is 0. The van der Waals surface area contributed by atoms with Crippen LogP contribution in [0.5, 0.6) is 0 Å². The minimum absolute atomic E-state index is 0.156. The van der Waals surface area contributed by atoms with E-state index in [0.717, 1.165) is 43.4 Å². The zero-order valence-electron chi connectivity index (χ0n) is 43.1. The normalized spacial score (nSPS) is 22.4. The standard InChI is InChI=1S/C71H70N2/c1-70(2)65-20-12-19-63(55-15-8-4-9-16-55)69(65)64-38-37-62(44-66(64)70)73(60-33-29-54(30-34-60)53-13-6-3-7-14-53)68-43-49-22-26-56-25-21-48(23-27-57(68)28-24-49)42-67(56)72(59-17-10-5-11-18-59)61-35-31-58(32-36-61)71-45-50-39-51(46-71)41-52(40-50)47-71/h4-5,8-12,15-21,24-25,28-38,42-44,50-53H,3,6-7,13-14,22-23,26-27,39-41,45-47H2,1-2H3. The third-order valence-electron chi connectivity index (χ3n) is 19.2. The second kappa shape index (κ2) is 18.1.